The molecular formula is C21H30N2O6S. The van der Waals surface area contributed by atoms with E-state index in [1.54, 1.807) is 4.90 Å². The van der Waals surface area contributed by atoms with Crippen molar-refractivity contribution in [1.29, 1.82) is 0 Å². The Kier molecular flexibility index (Phi) is 8.14. The SMILES string of the molecule is CC(=O)c1ccc(S(=O)(=O)NCCC(=O)O[C@H](C)C(=O)N2[C@H](C)CCC[C@@H]2C)cc1. The molecule has 1 fully saturated rings. The number of hydrogen-bond donors (Lipinski definition) is 1. The number of rotatable bonds is 8. The van der Waals surface area contributed by atoms with Gasteiger partial charge in [0.05, 0.1) is 11.3 Å². The van der Waals surface area contributed by atoms with Crippen molar-refractivity contribution in [2.75, 3.05) is 6.54 Å². The fraction of sp³-hybridized carbons (Fsp3) is 0.571. The molecular weight excluding hydrogens is 408 g/mol. The quantitative estimate of drug-likeness (QED) is 0.493. The summed E-state index contributed by atoms with van der Waals surface area (Å²) in [5, 5.41) is 0. The highest BCUT2D eigenvalue weighted by Crippen LogP contribution is 2.23. The van der Waals surface area contributed by atoms with E-state index < -0.39 is 22.1 Å². The van der Waals surface area contributed by atoms with Gasteiger partial charge in [0.2, 0.25) is 10.0 Å². The fourth-order valence-corrected chi connectivity index (χ4v) is 4.64. The van der Waals surface area contributed by atoms with Gasteiger partial charge in [0.25, 0.3) is 5.91 Å². The summed E-state index contributed by atoms with van der Waals surface area (Å²) in [5.74, 6) is -1.04. The number of amides is 1. The Morgan fingerprint density at radius 2 is 1.70 bits per heavy atom. The second kappa shape index (κ2) is 10.2. The number of carbonyl (C=O) groups excluding carboxylic acids is 3. The fourth-order valence-electron chi connectivity index (χ4n) is 3.61. The van der Waals surface area contributed by atoms with E-state index in [9.17, 15) is 22.8 Å². The van der Waals surface area contributed by atoms with E-state index in [-0.39, 0.29) is 41.6 Å². The van der Waals surface area contributed by atoms with Gasteiger partial charge in [-0.3, -0.25) is 14.4 Å². The minimum absolute atomic E-state index is 0.00233. The summed E-state index contributed by atoms with van der Waals surface area (Å²) in [6.45, 7) is 6.74. The third kappa shape index (κ3) is 6.12. The monoisotopic (exact) mass is 438 g/mol. The standard InChI is InChI=1S/C21H30N2O6S/c1-14-6-5-7-15(2)23(14)21(26)17(4)29-20(25)12-13-22-30(27,28)19-10-8-18(9-11-19)16(3)24/h8-11,14-15,17,22H,5-7,12-13H2,1-4H3/t14-,15+,17-/m1/s1. The van der Waals surface area contributed by atoms with E-state index >= 15 is 0 Å². The average molecular weight is 439 g/mol. The van der Waals surface area contributed by atoms with Crippen LogP contribution in [0.1, 0.15) is 63.7 Å². The van der Waals surface area contributed by atoms with Crippen molar-refractivity contribution in [2.24, 2.45) is 0 Å². The number of likely N-dealkylation sites (tertiary alicyclic amines) is 1. The number of carbonyl (C=O) groups is 3. The first kappa shape index (κ1) is 24.0. The normalized spacial score (nSPS) is 20.5. The van der Waals surface area contributed by atoms with Gasteiger partial charge in [-0.1, -0.05) is 12.1 Å². The molecule has 8 nitrogen and oxygen atoms in total. The lowest BCUT2D eigenvalue weighted by Crippen LogP contribution is -2.51. The van der Waals surface area contributed by atoms with Crippen LogP contribution in [0.25, 0.3) is 0 Å². The van der Waals surface area contributed by atoms with Gasteiger partial charge in [-0.25, -0.2) is 13.1 Å². The number of nitrogens with zero attached hydrogens (tertiary/aromatic N) is 1. The van der Waals surface area contributed by atoms with E-state index in [1.807, 2.05) is 13.8 Å². The van der Waals surface area contributed by atoms with Crippen LogP contribution in [0.5, 0.6) is 0 Å². The van der Waals surface area contributed by atoms with Crippen molar-refractivity contribution in [3.8, 4) is 0 Å². The molecule has 1 amide bonds. The lowest BCUT2D eigenvalue weighted by atomic mass is 9.97. The summed E-state index contributed by atoms with van der Waals surface area (Å²) < 4.78 is 32.1. The van der Waals surface area contributed by atoms with Gasteiger partial charge >= 0.3 is 5.97 Å². The second-order valence-corrected chi connectivity index (χ2v) is 9.50. The van der Waals surface area contributed by atoms with Gasteiger partial charge in [0, 0.05) is 24.2 Å². The van der Waals surface area contributed by atoms with Crippen LogP contribution in [0.3, 0.4) is 0 Å². The average Bonchev–Trinajstić information content (AvgIpc) is 2.67. The van der Waals surface area contributed by atoms with Gasteiger partial charge in [-0.2, -0.15) is 0 Å². The number of hydrogen-bond acceptors (Lipinski definition) is 6. The van der Waals surface area contributed by atoms with Crippen LogP contribution >= 0.6 is 0 Å². The van der Waals surface area contributed by atoms with Crippen LogP contribution in [-0.4, -0.2) is 55.7 Å². The number of ether oxygens (including phenoxy) is 1. The summed E-state index contributed by atoms with van der Waals surface area (Å²) in [4.78, 5) is 37.8. The van der Waals surface area contributed by atoms with Gasteiger partial charge < -0.3 is 9.64 Å². The maximum Gasteiger partial charge on any atom is 0.307 e. The molecule has 0 aliphatic carbocycles. The molecule has 0 saturated carbocycles. The number of nitrogens with one attached hydrogen (secondary N) is 1. The number of Topliss-reactive ketones (excluding diaryl/α,β-unsaturated/α-hetero) is 1. The predicted molar refractivity (Wildman–Crippen MR) is 111 cm³/mol. The first-order chi connectivity index (χ1) is 14.0. The first-order valence-corrected chi connectivity index (χ1v) is 11.6. The molecule has 0 bridgehead atoms. The molecule has 30 heavy (non-hydrogen) atoms. The third-order valence-electron chi connectivity index (χ3n) is 5.30. The van der Waals surface area contributed by atoms with Crippen LogP contribution in [0.2, 0.25) is 0 Å². The van der Waals surface area contributed by atoms with E-state index in [2.05, 4.69) is 4.72 Å². The Morgan fingerprint density at radius 3 is 2.23 bits per heavy atom. The van der Waals surface area contributed by atoms with Gasteiger partial charge in [0.15, 0.2) is 11.9 Å². The van der Waals surface area contributed by atoms with Crippen molar-refractivity contribution < 1.29 is 27.5 Å². The molecule has 3 atom stereocenters. The Hall–Kier alpha value is -2.26. The molecule has 9 heteroatoms. The molecule has 1 aromatic rings. The van der Waals surface area contributed by atoms with Crippen molar-refractivity contribution >= 4 is 27.7 Å². The number of piperidine rings is 1. The lowest BCUT2D eigenvalue weighted by Gasteiger charge is -2.40. The largest absolute Gasteiger partial charge is 0.452 e. The van der Waals surface area contributed by atoms with Crippen molar-refractivity contribution in [1.82, 2.24) is 9.62 Å². The highest BCUT2D eigenvalue weighted by atomic mass is 32.2. The van der Waals surface area contributed by atoms with E-state index in [1.165, 1.54) is 38.1 Å². The number of benzene rings is 1. The summed E-state index contributed by atoms with van der Waals surface area (Å²) in [7, 11) is -3.82. The highest BCUT2D eigenvalue weighted by Gasteiger charge is 2.33. The van der Waals surface area contributed by atoms with Crippen molar-refractivity contribution in [2.45, 2.75) is 76.5 Å². The molecule has 0 unspecified atom stereocenters. The molecule has 1 aromatic carbocycles. The summed E-state index contributed by atoms with van der Waals surface area (Å²) >= 11 is 0. The zero-order valence-corrected chi connectivity index (χ0v) is 18.7. The van der Waals surface area contributed by atoms with Gasteiger partial charge in [0.1, 0.15) is 0 Å². The molecule has 1 aliphatic rings. The molecule has 1 N–H and O–H groups in total. The van der Waals surface area contributed by atoms with Crippen LogP contribution in [0, 0.1) is 0 Å². The minimum atomic E-state index is -3.82. The molecule has 1 heterocycles. The Labute approximate surface area is 178 Å². The van der Waals surface area contributed by atoms with Crippen LogP contribution < -0.4 is 4.72 Å². The topological polar surface area (TPSA) is 110 Å². The zero-order valence-electron chi connectivity index (χ0n) is 17.9. The molecule has 166 valence electrons. The second-order valence-electron chi connectivity index (χ2n) is 7.73. The van der Waals surface area contributed by atoms with E-state index in [0.29, 0.717) is 5.56 Å². The molecule has 0 aromatic heterocycles. The van der Waals surface area contributed by atoms with Crippen LogP contribution in [-0.2, 0) is 24.3 Å². The maximum atomic E-state index is 12.7. The summed E-state index contributed by atoms with van der Waals surface area (Å²) in [6, 6.07) is 5.73. The van der Waals surface area contributed by atoms with Crippen LogP contribution in [0.4, 0.5) is 0 Å². The van der Waals surface area contributed by atoms with Crippen molar-refractivity contribution in [3.63, 3.8) is 0 Å². The summed E-state index contributed by atoms with van der Waals surface area (Å²) in [6.07, 6.45) is 1.79. The van der Waals surface area contributed by atoms with E-state index in [4.69, 9.17) is 4.74 Å². The smallest absolute Gasteiger partial charge is 0.307 e. The zero-order chi connectivity index (χ0) is 22.5. The van der Waals surface area contributed by atoms with Gasteiger partial charge in [-0.05, 0) is 59.1 Å². The first-order valence-electron chi connectivity index (χ1n) is 10.1. The Bertz CT molecular complexity index is 871. The van der Waals surface area contributed by atoms with Crippen molar-refractivity contribution in [3.05, 3.63) is 29.8 Å². The Balaban J connectivity index is 1.85. The number of ketones is 1. The number of sulfonamides is 1. The third-order valence-corrected chi connectivity index (χ3v) is 6.77. The van der Waals surface area contributed by atoms with Gasteiger partial charge in [-0.15, -0.1) is 0 Å². The maximum absolute atomic E-state index is 12.7. The summed E-state index contributed by atoms with van der Waals surface area (Å²) in [5.41, 5.74) is 0.411. The molecule has 1 aliphatic heterocycles. The van der Waals surface area contributed by atoms with Crippen LogP contribution in [0.15, 0.2) is 29.2 Å². The minimum Gasteiger partial charge on any atom is -0.452 e. The molecule has 1 saturated heterocycles. The number of esters is 1. The molecule has 0 spiro atoms. The van der Waals surface area contributed by atoms with E-state index in [0.717, 1.165) is 19.3 Å². The molecule has 0 radical (unpaired) electrons. The predicted octanol–water partition coefficient (Wildman–Crippen LogP) is 2.28. The Morgan fingerprint density at radius 1 is 1.13 bits per heavy atom. The highest BCUT2D eigenvalue weighted by molar-refractivity contribution is 7.89. The molecule has 2 rings (SSSR count). The lowest BCUT2D eigenvalue weighted by molar-refractivity contribution is -0.162.